The van der Waals surface area contributed by atoms with Gasteiger partial charge in [0.05, 0.1) is 26.4 Å². The maximum absolute atomic E-state index is 12.6. The third kappa shape index (κ3) is 5.46. The molecule has 6 heteroatoms. The second-order valence-corrected chi connectivity index (χ2v) is 7.16. The first-order valence-electron chi connectivity index (χ1n) is 8.52. The van der Waals surface area contributed by atoms with Crippen LogP contribution >= 0.6 is 0 Å². The highest BCUT2D eigenvalue weighted by atomic mass is 16.6. The molecule has 0 radical (unpaired) electrons. The number of hydrogen-bond acceptors (Lipinski definition) is 5. The third-order valence-corrected chi connectivity index (χ3v) is 4.00. The molecule has 1 fully saturated rings. The van der Waals surface area contributed by atoms with E-state index in [1.165, 1.54) is 12.0 Å². The van der Waals surface area contributed by atoms with Crippen LogP contribution < -0.4 is 0 Å². The van der Waals surface area contributed by atoms with Crippen LogP contribution in [-0.4, -0.2) is 48.4 Å². The minimum Gasteiger partial charge on any atom is -0.467 e. The molecule has 2 atom stereocenters. The number of methoxy groups -OCH3 is 1. The van der Waals surface area contributed by atoms with Gasteiger partial charge in [0.25, 0.3) is 0 Å². The zero-order valence-electron chi connectivity index (χ0n) is 15.4. The van der Waals surface area contributed by atoms with Crippen LogP contribution in [0.2, 0.25) is 0 Å². The normalized spacial score (nSPS) is 20.4. The number of hydrogen-bond donors (Lipinski definition) is 0. The van der Waals surface area contributed by atoms with Crippen LogP contribution in [0.4, 0.5) is 4.79 Å². The molecule has 1 saturated heterocycles. The van der Waals surface area contributed by atoms with E-state index in [0.717, 1.165) is 5.56 Å². The van der Waals surface area contributed by atoms with Gasteiger partial charge in [0.15, 0.2) is 0 Å². The second-order valence-electron chi connectivity index (χ2n) is 7.16. The summed E-state index contributed by atoms with van der Waals surface area (Å²) in [5.74, 6) is -0.420. The van der Waals surface area contributed by atoms with Gasteiger partial charge in [0.1, 0.15) is 11.6 Å². The van der Waals surface area contributed by atoms with Crippen LogP contribution in [-0.2, 0) is 25.6 Å². The average molecular weight is 349 g/mol. The lowest BCUT2D eigenvalue weighted by Crippen LogP contribution is -2.48. The first kappa shape index (κ1) is 19.2. The van der Waals surface area contributed by atoms with E-state index in [-0.39, 0.29) is 6.04 Å². The zero-order valence-corrected chi connectivity index (χ0v) is 15.4. The van der Waals surface area contributed by atoms with Gasteiger partial charge in [0, 0.05) is 0 Å². The summed E-state index contributed by atoms with van der Waals surface area (Å²) in [6, 6.07) is 9.00. The molecular weight excluding hydrogens is 322 g/mol. The number of ether oxygens (including phenoxy) is 3. The summed E-state index contributed by atoms with van der Waals surface area (Å²) in [4.78, 5) is 26.1. The summed E-state index contributed by atoms with van der Waals surface area (Å²) in [7, 11) is 1.33. The van der Waals surface area contributed by atoms with Gasteiger partial charge in [-0.2, -0.15) is 0 Å². The molecular formula is C19H27NO5. The van der Waals surface area contributed by atoms with Crippen molar-refractivity contribution < 1.29 is 23.8 Å². The molecule has 0 bridgehead atoms. The maximum atomic E-state index is 12.6. The molecule has 0 aromatic heterocycles. The topological polar surface area (TPSA) is 65.1 Å². The van der Waals surface area contributed by atoms with Crippen LogP contribution in [0.15, 0.2) is 30.3 Å². The van der Waals surface area contributed by atoms with Crippen molar-refractivity contribution in [3.8, 4) is 0 Å². The zero-order chi connectivity index (χ0) is 18.4. The summed E-state index contributed by atoms with van der Waals surface area (Å²) in [5.41, 5.74) is 0.435. The Kier molecular flexibility index (Phi) is 6.42. The van der Waals surface area contributed by atoms with Gasteiger partial charge in [-0.3, -0.25) is 4.90 Å². The minimum absolute atomic E-state index is 0.206. The molecule has 0 aliphatic carbocycles. The SMILES string of the molecule is COC(=O)[C@@H]1CC[C@@H](COCc2ccccc2)N1C(=O)OC(C)(C)C. The van der Waals surface area contributed by atoms with Gasteiger partial charge in [-0.15, -0.1) is 0 Å². The lowest BCUT2D eigenvalue weighted by molar-refractivity contribution is -0.146. The highest BCUT2D eigenvalue weighted by molar-refractivity contribution is 5.82. The molecule has 1 aliphatic rings. The predicted octanol–water partition coefficient (Wildman–Crippen LogP) is 3.14. The van der Waals surface area contributed by atoms with Gasteiger partial charge in [-0.25, -0.2) is 9.59 Å². The second kappa shape index (κ2) is 8.34. The molecule has 1 aliphatic heterocycles. The number of carbonyl (C=O) groups is 2. The Morgan fingerprint density at radius 3 is 2.44 bits per heavy atom. The summed E-state index contributed by atoms with van der Waals surface area (Å²) < 4.78 is 16.1. The van der Waals surface area contributed by atoms with Crippen LogP contribution in [0, 0.1) is 0 Å². The summed E-state index contributed by atoms with van der Waals surface area (Å²) in [5, 5.41) is 0. The largest absolute Gasteiger partial charge is 0.467 e. The molecule has 0 N–H and O–H groups in total. The molecule has 1 aromatic carbocycles. The molecule has 25 heavy (non-hydrogen) atoms. The number of carbonyl (C=O) groups excluding carboxylic acids is 2. The number of likely N-dealkylation sites (tertiary alicyclic amines) is 1. The lowest BCUT2D eigenvalue weighted by atomic mass is 10.2. The van der Waals surface area contributed by atoms with Gasteiger partial charge in [-0.1, -0.05) is 30.3 Å². The average Bonchev–Trinajstić information content (AvgIpc) is 2.97. The Morgan fingerprint density at radius 2 is 1.84 bits per heavy atom. The Balaban J connectivity index is 2.01. The van der Waals surface area contributed by atoms with Gasteiger partial charge in [-0.05, 0) is 39.2 Å². The molecule has 0 unspecified atom stereocenters. The Morgan fingerprint density at radius 1 is 1.16 bits per heavy atom. The number of nitrogens with zero attached hydrogens (tertiary/aromatic N) is 1. The van der Waals surface area contributed by atoms with Gasteiger partial charge >= 0.3 is 12.1 Å². The van der Waals surface area contributed by atoms with Crippen molar-refractivity contribution in [3.63, 3.8) is 0 Å². The van der Waals surface area contributed by atoms with E-state index in [4.69, 9.17) is 14.2 Å². The summed E-state index contributed by atoms with van der Waals surface area (Å²) >= 11 is 0. The standard InChI is InChI=1S/C19H27NO5/c1-19(2,3)25-18(22)20-15(10-11-16(20)17(21)23-4)13-24-12-14-8-6-5-7-9-14/h5-9,15-16H,10-13H2,1-4H3/t15-,16-/m0/s1. The van der Waals surface area contributed by atoms with E-state index >= 15 is 0 Å². The number of benzene rings is 1. The molecule has 1 heterocycles. The van der Waals surface area contributed by atoms with E-state index < -0.39 is 23.7 Å². The Hall–Kier alpha value is -2.08. The molecule has 2 rings (SSSR count). The van der Waals surface area contributed by atoms with E-state index in [0.29, 0.717) is 26.1 Å². The molecule has 0 saturated carbocycles. The van der Waals surface area contributed by atoms with Crippen molar-refractivity contribution in [2.75, 3.05) is 13.7 Å². The van der Waals surface area contributed by atoms with Crippen molar-refractivity contribution >= 4 is 12.1 Å². The van der Waals surface area contributed by atoms with E-state index in [1.54, 1.807) is 20.8 Å². The van der Waals surface area contributed by atoms with Crippen LogP contribution in [0.5, 0.6) is 0 Å². The van der Waals surface area contributed by atoms with Gasteiger partial charge < -0.3 is 14.2 Å². The number of amides is 1. The summed E-state index contributed by atoms with van der Waals surface area (Å²) in [6.45, 7) is 6.21. The van der Waals surface area contributed by atoms with E-state index in [1.807, 2.05) is 30.3 Å². The number of rotatable bonds is 5. The van der Waals surface area contributed by atoms with Crippen LogP contribution in [0.1, 0.15) is 39.2 Å². The van der Waals surface area contributed by atoms with Crippen molar-refractivity contribution in [1.29, 1.82) is 0 Å². The molecule has 138 valence electrons. The number of esters is 1. The van der Waals surface area contributed by atoms with Crippen LogP contribution in [0.3, 0.4) is 0 Å². The minimum atomic E-state index is -0.629. The molecule has 1 amide bonds. The highest BCUT2D eigenvalue weighted by Crippen LogP contribution is 2.28. The molecule has 6 nitrogen and oxygen atoms in total. The van der Waals surface area contributed by atoms with Crippen LogP contribution in [0.25, 0.3) is 0 Å². The lowest BCUT2D eigenvalue weighted by Gasteiger charge is -2.31. The Bertz CT molecular complexity index is 581. The smallest absolute Gasteiger partial charge is 0.411 e. The van der Waals surface area contributed by atoms with Crippen molar-refractivity contribution in [2.24, 2.45) is 0 Å². The van der Waals surface area contributed by atoms with Gasteiger partial charge in [0.2, 0.25) is 0 Å². The monoisotopic (exact) mass is 349 g/mol. The fourth-order valence-electron chi connectivity index (χ4n) is 2.89. The fourth-order valence-corrected chi connectivity index (χ4v) is 2.89. The highest BCUT2D eigenvalue weighted by Gasteiger charge is 2.43. The first-order valence-corrected chi connectivity index (χ1v) is 8.52. The van der Waals surface area contributed by atoms with E-state index in [2.05, 4.69) is 0 Å². The fraction of sp³-hybridized carbons (Fsp3) is 0.579. The molecule has 0 spiro atoms. The predicted molar refractivity (Wildman–Crippen MR) is 93.0 cm³/mol. The maximum Gasteiger partial charge on any atom is 0.411 e. The van der Waals surface area contributed by atoms with Crippen molar-refractivity contribution in [3.05, 3.63) is 35.9 Å². The van der Waals surface area contributed by atoms with E-state index in [9.17, 15) is 9.59 Å². The Labute approximate surface area is 149 Å². The quantitative estimate of drug-likeness (QED) is 0.764. The van der Waals surface area contributed by atoms with Crippen molar-refractivity contribution in [2.45, 2.75) is 57.9 Å². The summed E-state index contributed by atoms with van der Waals surface area (Å²) in [6.07, 6.45) is 0.715. The van der Waals surface area contributed by atoms with Crippen molar-refractivity contribution in [1.82, 2.24) is 4.90 Å². The first-order chi connectivity index (χ1) is 11.8. The third-order valence-electron chi connectivity index (χ3n) is 4.00. The molecule has 1 aromatic rings.